The van der Waals surface area contributed by atoms with Gasteiger partial charge in [-0.05, 0) is 44.4 Å². The zero-order valence-corrected chi connectivity index (χ0v) is 9.71. The van der Waals surface area contributed by atoms with E-state index in [2.05, 4.69) is 6.92 Å². The standard InChI is InChI=1S/C13H22O2/c1-2-10-5-7-11(8-6-10)13(14)12-4-3-9-15-12/h10-12H,2-9H2,1H3. The smallest absolute Gasteiger partial charge is 0.164 e. The third-order valence-electron chi connectivity index (χ3n) is 4.07. The molecule has 0 amide bonds. The van der Waals surface area contributed by atoms with E-state index in [4.69, 9.17) is 4.74 Å². The summed E-state index contributed by atoms with van der Waals surface area (Å²) in [7, 11) is 0. The minimum absolute atomic E-state index is 0.0480. The third kappa shape index (κ3) is 2.60. The summed E-state index contributed by atoms with van der Waals surface area (Å²) >= 11 is 0. The van der Waals surface area contributed by atoms with E-state index in [9.17, 15) is 4.79 Å². The maximum Gasteiger partial charge on any atom is 0.164 e. The highest BCUT2D eigenvalue weighted by Crippen LogP contribution is 2.33. The van der Waals surface area contributed by atoms with Crippen molar-refractivity contribution in [3.63, 3.8) is 0 Å². The Hall–Kier alpha value is -0.370. The Labute approximate surface area is 92.4 Å². The average Bonchev–Trinajstić information content (AvgIpc) is 2.82. The van der Waals surface area contributed by atoms with Crippen LogP contribution >= 0.6 is 0 Å². The molecule has 0 radical (unpaired) electrons. The van der Waals surface area contributed by atoms with Gasteiger partial charge in [0.25, 0.3) is 0 Å². The average molecular weight is 210 g/mol. The number of hydrogen-bond donors (Lipinski definition) is 0. The molecule has 0 spiro atoms. The van der Waals surface area contributed by atoms with Crippen molar-refractivity contribution >= 4 is 5.78 Å². The van der Waals surface area contributed by atoms with Crippen LogP contribution in [0.3, 0.4) is 0 Å². The fourth-order valence-corrected chi connectivity index (χ4v) is 2.92. The SMILES string of the molecule is CCC1CCC(C(=O)C2CCCO2)CC1. The molecule has 2 nitrogen and oxygen atoms in total. The van der Waals surface area contributed by atoms with E-state index in [1.165, 1.54) is 19.3 Å². The number of ketones is 1. The highest BCUT2D eigenvalue weighted by molar-refractivity contribution is 5.85. The van der Waals surface area contributed by atoms with Crippen LogP contribution in [0.25, 0.3) is 0 Å². The van der Waals surface area contributed by atoms with Crippen LogP contribution in [0.5, 0.6) is 0 Å². The zero-order valence-electron chi connectivity index (χ0n) is 9.71. The first kappa shape index (κ1) is 11.1. The molecule has 1 heterocycles. The lowest BCUT2D eigenvalue weighted by Crippen LogP contribution is -2.30. The fourth-order valence-electron chi connectivity index (χ4n) is 2.92. The Morgan fingerprint density at radius 1 is 1.20 bits per heavy atom. The van der Waals surface area contributed by atoms with Gasteiger partial charge in [0, 0.05) is 12.5 Å². The largest absolute Gasteiger partial charge is 0.370 e. The Morgan fingerprint density at radius 2 is 1.93 bits per heavy atom. The van der Waals surface area contributed by atoms with Crippen molar-refractivity contribution in [1.82, 2.24) is 0 Å². The molecule has 2 aliphatic rings. The van der Waals surface area contributed by atoms with Crippen LogP contribution in [-0.4, -0.2) is 18.5 Å². The van der Waals surface area contributed by atoms with Crippen LogP contribution < -0.4 is 0 Å². The van der Waals surface area contributed by atoms with Gasteiger partial charge in [0.1, 0.15) is 6.10 Å². The molecule has 1 saturated carbocycles. The highest BCUT2D eigenvalue weighted by atomic mass is 16.5. The second-order valence-corrected chi connectivity index (χ2v) is 5.03. The molecule has 0 aromatic heterocycles. The first-order chi connectivity index (χ1) is 7.31. The summed E-state index contributed by atoms with van der Waals surface area (Å²) in [5.41, 5.74) is 0. The Balaban J connectivity index is 1.81. The molecule has 1 aliphatic carbocycles. The number of Topliss-reactive ketones (excluding diaryl/α,β-unsaturated/α-hetero) is 1. The van der Waals surface area contributed by atoms with Gasteiger partial charge in [-0.15, -0.1) is 0 Å². The number of carbonyl (C=O) groups is 1. The Bertz CT molecular complexity index is 211. The normalized spacial score (nSPS) is 36.7. The van der Waals surface area contributed by atoms with Crippen molar-refractivity contribution in [1.29, 1.82) is 0 Å². The maximum absolute atomic E-state index is 12.1. The summed E-state index contributed by atoms with van der Waals surface area (Å²) in [6, 6.07) is 0. The van der Waals surface area contributed by atoms with E-state index in [1.54, 1.807) is 0 Å². The van der Waals surface area contributed by atoms with Crippen molar-refractivity contribution in [2.75, 3.05) is 6.61 Å². The van der Waals surface area contributed by atoms with Crippen molar-refractivity contribution in [3.05, 3.63) is 0 Å². The lowest BCUT2D eigenvalue weighted by Gasteiger charge is -2.28. The maximum atomic E-state index is 12.1. The summed E-state index contributed by atoms with van der Waals surface area (Å²) < 4.78 is 5.47. The molecule has 0 aromatic rings. The molecule has 1 atom stereocenters. The molecule has 2 fully saturated rings. The van der Waals surface area contributed by atoms with Gasteiger partial charge >= 0.3 is 0 Å². The topological polar surface area (TPSA) is 26.3 Å². The van der Waals surface area contributed by atoms with Gasteiger partial charge < -0.3 is 4.74 Å². The lowest BCUT2D eigenvalue weighted by atomic mass is 9.78. The van der Waals surface area contributed by atoms with Crippen molar-refractivity contribution < 1.29 is 9.53 Å². The van der Waals surface area contributed by atoms with Gasteiger partial charge in [0.05, 0.1) is 0 Å². The molecule has 2 rings (SSSR count). The van der Waals surface area contributed by atoms with Crippen molar-refractivity contribution in [3.8, 4) is 0 Å². The molecular formula is C13H22O2. The van der Waals surface area contributed by atoms with Gasteiger partial charge in [-0.1, -0.05) is 13.3 Å². The second kappa shape index (κ2) is 5.11. The van der Waals surface area contributed by atoms with Crippen LogP contribution in [0.15, 0.2) is 0 Å². The predicted octanol–water partition coefficient (Wildman–Crippen LogP) is 2.95. The van der Waals surface area contributed by atoms with E-state index < -0.39 is 0 Å². The van der Waals surface area contributed by atoms with Crippen molar-refractivity contribution in [2.45, 2.75) is 58.0 Å². The van der Waals surface area contributed by atoms with Crippen LogP contribution in [0.4, 0.5) is 0 Å². The molecule has 0 aromatic carbocycles. The molecule has 86 valence electrons. The summed E-state index contributed by atoms with van der Waals surface area (Å²) in [6.45, 7) is 3.05. The van der Waals surface area contributed by atoms with E-state index in [0.717, 1.165) is 38.2 Å². The van der Waals surface area contributed by atoms with E-state index >= 15 is 0 Å². The number of hydrogen-bond acceptors (Lipinski definition) is 2. The highest BCUT2D eigenvalue weighted by Gasteiger charge is 2.32. The second-order valence-electron chi connectivity index (χ2n) is 5.03. The number of ether oxygens (including phenoxy) is 1. The first-order valence-corrected chi connectivity index (χ1v) is 6.46. The van der Waals surface area contributed by atoms with Gasteiger partial charge in [0.2, 0.25) is 0 Å². The zero-order chi connectivity index (χ0) is 10.7. The van der Waals surface area contributed by atoms with Gasteiger partial charge in [0.15, 0.2) is 5.78 Å². The lowest BCUT2D eigenvalue weighted by molar-refractivity contribution is -0.133. The van der Waals surface area contributed by atoms with E-state index in [-0.39, 0.29) is 6.10 Å². The van der Waals surface area contributed by atoms with E-state index in [1.807, 2.05) is 0 Å². The van der Waals surface area contributed by atoms with Crippen molar-refractivity contribution in [2.24, 2.45) is 11.8 Å². The minimum atomic E-state index is -0.0480. The van der Waals surface area contributed by atoms with Gasteiger partial charge in [-0.3, -0.25) is 4.79 Å². The quantitative estimate of drug-likeness (QED) is 0.716. The van der Waals surface area contributed by atoms with Crippen LogP contribution in [-0.2, 0) is 9.53 Å². The number of rotatable bonds is 3. The third-order valence-corrected chi connectivity index (χ3v) is 4.07. The summed E-state index contributed by atoms with van der Waals surface area (Å²) in [6.07, 6.45) is 7.98. The summed E-state index contributed by atoms with van der Waals surface area (Å²) in [4.78, 5) is 12.1. The molecule has 1 unspecified atom stereocenters. The fraction of sp³-hybridized carbons (Fsp3) is 0.923. The molecule has 2 heteroatoms. The molecular weight excluding hydrogens is 188 g/mol. The summed E-state index contributed by atoms with van der Waals surface area (Å²) in [5, 5.41) is 0. The van der Waals surface area contributed by atoms with Crippen LogP contribution in [0.1, 0.15) is 51.9 Å². The van der Waals surface area contributed by atoms with Crippen LogP contribution in [0, 0.1) is 11.8 Å². The number of carbonyl (C=O) groups excluding carboxylic acids is 1. The predicted molar refractivity (Wildman–Crippen MR) is 59.7 cm³/mol. The Morgan fingerprint density at radius 3 is 2.47 bits per heavy atom. The van der Waals surface area contributed by atoms with Gasteiger partial charge in [-0.25, -0.2) is 0 Å². The first-order valence-electron chi connectivity index (χ1n) is 6.46. The van der Waals surface area contributed by atoms with E-state index in [0.29, 0.717) is 11.7 Å². The minimum Gasteiger partial charge on any atom is -0.370 e. The Kier molecular flexibility index (Phi) is 3.79. The monoisotopic (exact) mass is 210 g/mol. The molecule has 0 N–H and O–H groups in total. The summed E-state index contributed by atoms with van der Waals surface area (Å²) in [5.74, 6) is 1.59. The molecule has 1 saturated heterocycles. The molecule has 0 bridgehead atoms. The molecule has 1 aliphatic heterocycles. The van der Waals surface area contributed by atoms with Crippen LogP contribution in [0.2, 0.25) is 0 Å². The van der Waals surface area contributed by atoms with Gasteiger partial charge in [-0.2, -0.15) is 0 Å². The molecule has 15 heavy (non-hydrogen) atoms.